The Morgan fingerprint density at radius 2 is 1.70 bits per heavy atom. The van der Waals surface area contributed by atoms with Gasteiger partial charge >= 0.3 is 0 Å². The van der Waals surface area contributed by atoms with E-state index in [1.165, 1.54) is 35.5 Å². The van der Waals surface area contributed by atoms with Gasteiger partial charge in [0.25, 0.3) is 10.0 Å². The van der Waals surface area contributed by atoms with Crippen LogP contribution < -0.4 is 0 Å². The molecular formula is C17H16N2O3S. The van der Waals surface area contributed by atoms with Gasteiger partial charge in [-0.3, -0.25) is 9.79 Å². The lowest BCUT2D eigenvalue weighted by molar-refractivity contribution is 0.101. The van der Waals surface area contributed by atoms with Gasteiger partial charge in [0.2, 0.25) is 0 Å². The van der Waals surface area contributed by atoms with Crippen LogP contribution in [0, 0.1) is 0 Å². The molecule has 1 aliphatic heterocycles. The molecule has 0 fully saturated rings. The van der Waals surface area contributed by atoms with E-state index in [-0.39, 0.29) is 10.7 Å². The van der Waals surface area contributed by atoms with Gasteiger partial charge in [-0.25, -0.2) is 12.7 Å². The number of sulfonamides is 1. The van der Waals surface area contributed by atoms with Crippen molar-refractivity contribution in [3.8, 4) is 0 Å². The summed E-state index contributed by atoms with van der Waals surface area (Å²) in [5.41, 5.74) is 1.26. The van der Waals surface area contributed by atoms with E-state index < -0.39 is 10.0 Å². The molecule has 1 aliphatic rings. The molecule has 0 aromatic heterocycles. The molecule has 2 aromatic rings. The molecule has 23 heavy (non-hydrogen) atoms. The highest BCUT2D eigenvalue weighted by Gasteiger charge is 2.31. The lowest BCUT2D eigenvalue weighted by Gasteiger charge is -2.20. The van der Waals surface area contributed by atoms with Gasteiger partial charge in [0, 0.05) is 11.1 Å². The average Bonchev–Trinajstić information content (AvgIpc) is 3.06. The predicted octanol–water partition coefficient (Wildman–Crippen LogP) is 2.34. The zero-order valence-corrected chi connectivity index (χ0v) is 13.5. The van der Waals surface area contributed by atoms with E-state index >= 15 is 0 Å². The number of amidine groups is 1. The Kier molecular flexibility index (Phi) is 4.00. The van der Waals surface area contributed by atoms with Gasteiger partial charge in [0.15, 0.2) is 5.78 Å². The lowest BCUT2D eigenvalue weighted by atomic mass is 10.2. The van der Waals surface area contributed by atoms with Crippen molar-refractivity contribution >= 4 is 21.6 Å². The third-order valence-electron chi connectivity index (χ3n) is 3.68. The Hall–Kier alpha value is -2.47. The van der Waals surface area contributed by atoms with Crippen LogP contribution >= 0.6 is 0 Å². The standard InChI is InChI=1S/C17H16N2O3S/c1-13(20)14-7-9-16(10-8-14)23(21,22)19-12-11-18-17(19)15-5-3-2-4-6-15/h2-10H,11-12H2,1H3. The molecule has 0 saturated heterocycles. The number of carbonyl (C=O) groups is 1. The molecule has 0 aliphatic carbocycles. The van der Waals surface area contributed by atoms with Crippen LogP contribution in [0.4, 0.5) is 0 Å². The number of nitrogens with zero attached hydrogens (tertiary/aromatic N) is 2. The van der Waals surface area contributed by atoms with Gasteiger partial charge in [0.05, 0.1) is 18.0 Å². The first kappa shape index (κ1) is 15.4. The van der Waals surface area contributed by atoms with E-state index in [1.807, 2.05) is 30.3 Å². The van der Waals surface area contributed by atoms with Crippen molar-refractivity contribution in [2.24, 2.45) is 4.99 Å². The van der Waals surface area contributed by atoms with E-state index in [4.69, 9.17) is 0 Å². The van der Waals surface area contributed by atoms with Crippen LogP contribution in [0.2, 0.25) is 0 Å². The number of benzene rings is 2. The number of aliphatic imine (C=N–C) groups is 1. The summed E-state index contributed by atoms with van der Waals surface area (Å²) in [7, 11) is -3.69. The zero-order chi connectivity index (χ0) is 16.4. The number of ketones is 1. The van der Waals surface area contributed by atoms with Gasteiger partial charge in [0.1, 0.15) is 5.84 Å². The summed E-state index contributed by atoms with van der Waals surface area (Å²) in [6, 6.07) is 15.2. The van der Waals surface area contributed by atoms with Crippen LogP contribution in [0.5, 0.6) is 0 Å². The minimum Gasteiger partial charge on any atom is -0.295 e. The van der Waals surface area contributed by atoms with Gasteiger partial charge in [-0.05, 0) is 19.1 Å². The molecule has 0 unspecified atom stereocenters. The summed E-state index contributed by atoms with van der Waals surface area (Å²) < 4.78 is 27.0. The Bertz CT molecular complexity index is 856. The monoisotopic (exact) mass is 328 g/mol. The Morgan fingerprint density at radius 3 is 2.30 bits per heavy atom. The Morgan fingerprint density at radius 1 is 1.04 bits per heavy atom. The van der Waals surface area contributed by atoms with Crippen LogP contribution in [0.15, 0.2) is 64.5 Å². The fourth-order valence-corrected chi connectivity index (χ4v) is 3.92. The van der Waals surface area contributed by atoms with Crippen molar-refractivity contribution in [3.05, 3.63) is 65.7 Å². The predicted molar refractivity (Wildman–Crippen MR) is 88.2 cm³/mol. The molecule has 0 atom stereocenters. The van der Waals surface area contributed by atoms with E-state index in [9.17, 15) is 13.2 Å². The second-order valence-corrected chi connectivity index (χ2v) is 7.09. The van der Waals surface area contributed by atoms with Gasteiger partial charge in [-0.1, -0.05) is 42.5 Å². The molecule has 5 nitrogen and oxygen atoms in total. The molecule has 0 saturated carbocycles. The normalized spacial score (nSPS) is 14.7. The summed E-state index contributed by atoms with van der Waals surface area (Å²) in [5.74, 6) is 0.364. The molecule has 1 heterocycles. The van der Waals surface area contributed by atoms with E-state index in [0.29, 0.717) is 24.5 Å². The summed E-state index contributed by atoms with van der Waals surface area (Å²) in [6.45, 7) is 2.21. The lowest BCUT2D eigenvalue weighted by Crippen LogP contribution is -2.34. The smallest absolute Gasteiger partial charge is 0.265 e. The summed E-state index contributed by atoms with van der Waals surface area (Å²) in [4.78, 5) is 15.8. The van der Waals surface area contributed by atoms with Crippen LogP contribution in [0.3, 0.4) is 0 Å². The number of hydrogen-bond donors (Lipinski definition) is 0. The van der Waals surface area contributed by atoms with Crippen LogP contribution in [0.25, 0.3) is 0 Å². The first-order valence-electron chi connectivity index (χ1n) is 7.24. The van der Waals surface area contributed by atoms with Crippen molar-refractivity contribution in [1.82, 2.24) is 4.31 Å². The van der Waals surface area contributed by atoms with Crippen molar-refractivity contribution in [3.63, 3.8) is 0 Å². The maximum Gasteiger partial charge on any atom is 0.265 e. The van der Waals surface area contributed by atoms with Crippen LogP contribution in [-0.2, 0) is 10.0 Å². The molecule has 0 amide bonds. The highest BCUT2D eigenvalue weighted by atomic mass is 32.2. The molecule has 118 valence electrons. The highest BCUT2D eigenvalue weighted by Crippen LogP contribution is 2.22. The van der Waals surface area contributed by atoms with Gasteiger partial charge < -0.3 is 0 Å². The average molecular weight is 328 g/mol. The van der Waals surface area contributed by atoms with Crippen molar-refractivity contribution in [1.29, 1.82) is 0 Å². The van der Waals surface area contributed by atoms with Gasteiger partial charge in [-0.2, -0.15) is 0 Å². The molecule has 0 bridgehead atoms. The molecule has 0 radical (unpaired) electrons. The molecule has 0 N–H and O–H groups in total. The van der Waals surface area contributed by atoms with E-state index in [2.05, 4.69) is 4.99 Å². The quantitative estimate of drug-likeness (QED) is 0.809. The first-order chi connectivity index (χ1) is 11.0. The van der Waals surface area contributed by atoms with Crippen molar-refractivity contribution in [2.45, 2.75) is 11.8 Å². The third-order valence-corrected chi connectivity index (χ3v) is 5.49. The number of rotatable bonds is 4. The summed E-state index contributed by atoms with van der Waals surface area (Å²) in [5, 5.41) is 0. The maximum atomic E-state index is 12.9. The SMILES string of the molecule is CC(=O)c1ccc(S(=O)(=O)N2CCN=C2c2ccccc2)cc1. The fourth-order valence-electron chi connectivity index (χ4n) is 2.48. The number of carbonyl (C=O) groups excluding carboxylic acids is 1. The Balaban J connectivity index is 1.96. The molecule has 3 rings (SSSR count). The highest BCUT2D eigenvalue weighted by molar-refractivity contribution is 7.89. The molecule has 0 spiro atoms. The first-order valence-corrected chi connectivity index (χ1v) is 8.68. The third kappa shape index (κ3) is 2.90. The number of Topliss-reactive ketones (excluding diaryl/α,β-unsaturated/α-hetero) is 1. The van der Waals surface area contributed by atoms with Crippen molar-refractivity contribution < 1.29 is 13.2 Å². The summed E-state index contributed by atoms with van der Waals surface area (Å²) >= 11 is 0. The largest absolute Gasteiger partial charge is 0.295 e. The maximum absolute atomic E-state index is 12.9. The van der Waals surface area contributed by atoms with Crippen LogP contribution in [0.1, 0.15) is 22.8 Å². The molecule has 2 aromatic carbocycles. The number of hydrogen-bond acceptors (Lipinski definition) is 4. The van der Waals surface area contributed by atoms with Crippen molar-refractivity contribution in [2.75, 3.05) is 13.1 Å². The second kappa shape index (κ2) is 5.96. The van der Waals surface area contributed by atoms with Crippen LogP contribution in [-0.4, -0.2) is 37.4 Å². The van der Waals surface area contributed by atoms with E-state index in [1.54, 1.807) is 0 Å². The van der Waals surface area contributed by atoms with Gasteiger partial charge in [-0.15, -0.1) is 0 Å². The van der Waals surface area contributed by atoms with E-state index in [0.717, 1.165) is 5.56 Å². The fraction of sp³-hybridized carbons (Fsp3) is 0.176. The minimum absolute atomic E-state index is 0.0957. The molecule has 6 heteroatoms. The summed E-state index contributed by atoms with van der Waals surface area (Å²) in [6.07, 6.45) is 0. The minimum atomic E-state index is -3.69. The molecular weight excluding hydrogens is 312 g/mol. The zero-order valence-electron chi connectivity index (χ0n) is 12.6. The Labute approximate surface area is 135 Å². The second-order valence-electron chi connectivity index (χ2n) is 5.23. The topological polar surface area (TPSA) is 66.8 Å².